The van der Waals surface area contributed by atoms with Crippen molar-refractivity contribution in [3.63, 3.8) is 0 Å². The van der Waals surface area contributed by atoms with E-state index in [-0.39, 0.29) is 0 Å². The summed E-state index contributed by atoms with van der Waals surface area (Å²) in [7, 11) is 0. The van der Waals surface area contributed by atoms with Crippen LogP contribution in [-0.4, -0.2) is 6.29 Å². The van der Waals surface area contributed by atoms with Crippen LogP contribution in [0.25, 0.3) is 0 Å². The van der Waals surface area contributed by atoms with Crippen LogP contribution in [0.4, 0.5) is 0 Å². The SMILES string of the molecule is C/C=C/CC1C(C=O)=CCCC1C. The van der Waals surface area contributed by atoms with E-state index in [0.717, 1.165) is 24.7 Å². The highest BCUT2D eigenvalue weighted by Crippen LogP contribution is 2.31. The molecule has 2 atom stereocenters. The zero-order valence-corrected chi connectivity index (χ0v) is 8.49. The zero-order chi connectivity index (χ0) is 9.68. The third kappa shape index (κ3) is 2.55. The quantitative estimate of drug-likeness (QED) is 0.479. The molecular weight excluding hydrogens is 160 g/mol. The van der Waals surface area contributed by atoms with Crippen LogP contribution >= 0.6 is 0 Å². The molecule has 0 spiro atoms. The van der Waals surface area contributed by atoms with Crippen molar-refractivity contribution in [3.05, 3.63) is 23.8 Å². The fourth-order valence-corrected chi connectivity index (χ4v) is 1.98. The van der Waals surface area contributed by atoms with Gasteiger partial charge in [-0.05, 0) is 43.6 Å². The molecule has 0 aromatic carbocycles. The normalized spacial score (nSPS) is 28.9. The molecule has 0 fully saturated rings. The summed E-state index contributed by atoms with van der Waals surface area (Å²) in [4.78, 5) is 10.8. The summed E-state index contributed by atoms with van der Waals surface area (Å²) in [5.74, 6) is 1.11. The van der Waals surface area contributed by atoms with E-state index in [1.54, 1.807) is 0 Å². The number of allylic oxidation sites excluding steroid dienone is 4. The molecule has 2 unspecified atom stereocenters. The third-order valence-electron chi connectivity index (χ3n) is 2.88. The summed E-state index contributed by atoms with van der Waals surface area (Å²) in [6.07, 6.45) is 10.7. The molecule has 0 N–H and O–H groups in total. The molecule has 0 aliphatic heterocycles. The van der Waals surface area contributed by atoms with Gasteiger partial charge in [-0.2, -0.15) is 0 Å². The minimum Gasteiger partial charge on any atom is -0.298 e. The van der Waals surface area contributed by atoms with Crippen LogP contribution in [0, 0.1) is 11.8 Å². The van der Waals surface area contributed by atoms with Crippen LogP contribution in [0.2, 0.25) is 0 Å². The lowest BCUT2D eigenvalue weighted by molar-refractivity contribution is -0.105. The maximum absolute atomic E-state index is 10.8. The monoisotopic (exact) mass is 178 g/mol. The van der Waals surface area contributed by atoms with E-state index in [1.807, 2.05) is 6.92 Å². The lowest BCUT2D eigenvalue weighted by atomic mass is 9.78. The van der Waals surface area contributed by atoms with E-state index in [2.05, 4.69) is 25.2 Å². The molecule has 1 aliphatic rings. The fourth-order valence-electron chi connectivity index (χ4n) is 1.98. The van der Waals surface area contributed by atoms with Crippen molar-refractivity contribution in [3.8, 4) is 0 Å². The second kappa shape index (κ2) is 5.00. The molecule has 13 heavy (non-hydrogen) atoms. The van der Waals surface area contributed by atoms with E-state index in [4.69, 9.17) is 0 Å². The predicted molar refractivity (Wildman–Crippen MR) is 55.5 cm³/mol. The fraction of sp³-hybridized carbons (Fsp3) is 0.583. The lowest BCUT2D eigenvalue weighted by Crippen LogP contribution is -2.18. The molecule has 0 aromatic rings. The molecule has 0 saturated heterocycles. The van der Waals surface area contributed by atoms with Gasteiger partial charge in [0.25, 0.3) is 0 Å². The van der Waals surface area contributed by atoms with Gasteiger partial charge >= 0.3 is 0 Å². The minimum absolute atomic E-state index is 0.461. The number of aldehydes is 1. The molecule has 0 amide bonds. The average molecular weight is 178 g/mol. The number of hydrogen-bond donors (Lipinski definition) is 0. The van der Waals surface area contributed by atoms with Gasteiger partial charge in [-0.15, -0.1) is 0 Å². The number of carbonyl (C=O) groups excluding carboxylic acids is 1. The summed E-state index contributed by atoms with van der Waals surface area (Å²) in [5.41, 5.74) is 1.01. The van der Waals surface area contributed by atoms with Crippen molar-refractivity contribution in [2.24, 2.45) is 11.8 Å². The Labute approximate surface area is 80.5 Å². The van der Waals surface area contributed by atoms with Crippen molar-refractivity contribution in [2.75, 3.05) is 0 Å². The second-order valence-electron chi connectivity index (χ2n) is 3.79. The van der Waals surface area contributed by atoms with E-state index in [1.165, 1.54) is 6.42 Å². The summed E-state index contributed by atoms with van der Waals surface area (Å²) < 4.78 is 0. The molecule has 0 bridgehead atoms. The lowest BCUT2D eigenvalue weighted by Gasteiger charge is -2.26. The molecule has 1 rings (SSSR count). The zero-order valence-electron chi connectivity index (χ0n) is 8.49. The van der Waals surface area contributed by atoms with Gasteiger partial charge in [0, 0.05) is 0 Å². The summed E-state index contributed by atoms with van der Waals surface area (Å²) in [6, 6.07) is 0. The Bertz CT molecular complexity index is 225. The number of carbonyl (C=O) groups is 1. The van der Waals surface area contributed by atoms with Crippen LogP contribution in [0.15, 0.2) is 23.8 Å². The maximum Gasteiger partial charge on any atom is 0.146 e. The van der Waals surface area contributed by atoms with Gasteiger partial charge in [0.2, 0.25) is 0 Å². The largest absolute Gasteiger partial charge is 0.298 e. The first kappa shape index (κ1) is 10.2. The number of rotatable bonds is 3. The molecule has 72 valence electrons. The molecule has 1 aliphatic carbocycles. The predicted octanol–water partition coefficient (Wildman–Crippen LogP) is 3.12. The van der Waals surface area contributed by atoms with E-state index < -0.39 is 0 Å². The van der Waals surface area contributed by atoms with Crippen molar-refractivity contribution in [2.45, 2.75) is 33.1 Å². The van der Waals surface area contributed by atoms with Crippen LogP contribution in [-0.2, 0) is 4.79 Å². The van der Waals surface area contributed by atoms with Crippen molar-refractivity contribution in [1.29, 1.82) is 0 Å². The van der Waals surface area contributed by atoms with Crippen LogP contribution in [0.1, 0.15) is 33.1 Å². The summed E-state index contributed by atoms with van der Waals surface area (Å²) >= 11 is 0. The summed E-state index contributed by atoms with van der Waals surface area (Å²) in [6.45, 7) is 4.27. The Morgan fingerprint density at radius 3 is 3.00 bits per heavy atom. The van der Waals surface area contributed by atoms with E-state index in [0.29, 0.717) is 11.8 Å². The molecule has 0 aromatic heterocycles. The van der Waals surface area contributed by atoms with Gasteiger partial charge in [-0.1, -0.05) is 25.2 Å². The van der Waals surface area contributed by atoms with Crippen molar-refractivity contribution in [1.82, 2.24) is 0 Å². The van der Waals surface area contributed by atoms with Gasteiger partial charge < -0.3 is 0 Å². The molecule has 1 nitrogen and oxygen atoms in total. The van der Waals surface area contributed by atoms with Crippen LogP contribution in [0.5, 0.6) is 0 Å². The first-order chi connectivity index (χ1) is 6.29. The van der Waals surface area contributed by atoms with Gasteiger partial charge in [-0.25, -0.2) is 0 Å². The van der Waals surface area contributed by atoms with E-state index in [9.17, 15) is 4.79 Å². The average Bonchev–Trinajstić information content (AvgIpc) is 2.15. The highest BCUT2D eigenvalue weighted by atomic mass is 16.1. The van der Waals surface area contributed by atoms with Gasteiger partial charge in [-0.3, -0.25) is 4.79 Å². The standard InChI is InChI=1S/C12H18O/c1-3-4-8-12-10(2)6-5-7-11(12)9-13/h3-4,7,9-10,12H,5-6,8H2,1-2H3/b4-3+. The molecule has 1 heteroatoms. The number of hydrogen-bond acceptors (Lipinski definition) is 1. The molecule has 0 heterocycles. The molecule has 0 radical (unpaired) electrons. The van der Waals surface area contributed by atoms with E-state index >= 15 is 0 Å². The maximum atomic E-state index is 10.8. The third-order valence-corrected chi connectivity index (χ3v) is 2.88. The van der Waals surface area contributed by atoms with Gasteiger partial charge in [0.15, 0.2) is 0 Å². The highest BCUT2D eigenvalue weighted by molar-refractivity contribution is 5.74. The highest BCUT2D eigenvalue weighted by Gasteiger charge is 2.22. The topological polar surface area (TPSA) is 17.1 Å². The van der Waals surface area contributed by atoms with Gasteiger partial charge in [0.1, 0.15) is 6.29 Å². The Morgan fingerprint density at radius 2 is 2.38 bits per heavy atom. The smallest absolute Gasteiger partial charge is 0.146 e. The Kier molecular flexibility index (Phi) is 3.94. The Balaban J connectivity index is 2.69. The van der Waals surface area contributed by atoms with Crippen LogP contribution < -0.4 is 0 Å². The molecule has 0 saturated carbocycles. The van der Waals surface area contributed by atoms with Gasteiger partial charge in [0.05, 0.1) is 0 Å². The summed E-state index contributed by atoms with van der Waals surface area (Å²) in [5, 5.41) is 0. The first-order valence-electron chi connectivity index (χ1n) is 5.06. The Morgan fingerprint density at radius 1 is 1.62 bits per heavy atom. The first-order valence-corrected chi connectivity index (χ1v) is 5.06. The minimum atomic E-state index is 0.461. The van der Waals surface area contributed by atoms with Crippen molar-refractivity contribution < 1.29 is 4.79 Å². The molecular formula is C12H18O. The van der Waals surface area contributed by atoms with Crippen LogP contribution in [0.3, 0.4) is 0 Å². The second-order valence-corrected chi connectivity index (χ2v) is 3.79. The van der Waals surface area contributed by atoms with Crippen molar-refractivity contribution >= 4 is 6.29 Å². The Hall–Kier alpha value is -0.850.